The second kappa shape index (κ2) is 6.49. The van der Waals surface area contributed by atoms with E-state index in [2.05, 4.69) is 0 Å². The zero-order chi connectivity index (χ0) is 17.1. The maximum absolute atomic E-state index is 12.7. The summed E-state index contributed by atoms with van der Waals surface area (Å²) in [6.07, 6.45) is -4.64. The van der Waals surface area contributed by atoms with Crippen LogP contribution in [0.3, 0.4) is 0 Å². The lowest BCUT2D eigenvalue weighted by atomic mass is 10.2. The summed E-state index contributed by atoms with van der Waals surface area (Å²) in [6, 6.07) is 9.36. The number of hydrogen-bond acceptors (Lipinski definition) is 4. The van der Waals surface area contributed by atoms with Crippen molar-refractivity contribution in [3.63, 3.8) is 0 Å². The Balaban J connectivity index is 2.37. The van der Waals surface area contributed by atoms with E-state index < -0.39 is 26.8 Å². The Hall–Kier alpha value is -2.22. The summed E-state index contributed by atoms with van der Waals surface area (Å²) >= 11 is 0. The van der Waals surface area contributed by atoms with Crippen molar-refractivity contribution < 1.29 is 30.5 Å². The highest BCUT2D eigenvalue weighted by atomic mass is 32.2. The third kappa shape index (κ3) is 4.16. The summed E-state index contributed by atoms with van der Waals surface area (Å²) in [4.78, 5) is -0.585. The minimum atomic E-state index is -4.64. The Bertz CT molecular complexity index is 785. The maximum Gasteiger partial charge on any atom is 0.416 e. The van der Waals surface area contributed by atoms with Crippen LogP contribution in [0.25, 0.3) is 0 Å². The van der Waals surface area contributed by atoms with Crippen molar-refractivity contribution in [2.45, 2.75) is 18.0 Å². The maximum atomic E-state index is 12.7. The van der Waals surface area contributed by atoms with Crippen LogP contribution in [0.1, 0.15) is 12.5 Å². The molecule has 0 unspecified atom stereocenters. The second-order valence-corrected chi connectivity index (χ2v) is 5.99. The van der Waals surface area contributed by atoms with Gasteiger partial charge in [0.25, 0.3) is 0 Å². The summed E-state index contributed by atoms with van der Waals surface area (Å²) in [7, 11) is -4.42. The number of alkyl halides is 3. The van der Waals surface area contributed by atoms with Gasteiger partial charge in [0.1, 0.15) is 4.90 Å². The minimum Gasteiger partial charge on any atom is -0.490 e. The van der Waals surface area contributed by atoms with Crippen LogP contribution in [-0.2, 0) is 16.3 Å². The van der Waals surface area contributed by atoms with Crippen LogP contribution >= 0.6 is 0 Å². The van der Waals surface area contributed by atoms with Gasteiger partial charge in [-0.05, 0) is 37.3 Å². The molecule has 2 rings (SSSR count). The van der Waals surface area contributed by atoms with Crippen LogP contribution in [0.5, 0.6) is 11.5 Å². The molecule has 0 radical (unpaired) electrons. The molecule has 0 fully saturated rings. The van der Waals surface area contributed by atoms with Crippen molar-refractivity contribution in [2.24, 2.45) is 0 Å². The molecule has 124 valence electrons. The SMILES string of the molecule is CCOc1ccccc1OS(=O)(=O)c1cccc(C(F)(F)F)c1. The molecule has 0 aliphatic rings. The number of hydrogen-bond donors (Lipinski definition) is 0. The van der Waals surface area contributed by atoms with Crippen LogP contribution in [0.4, 0.5) is 13.2 Å². The van der Waals surface area contributed by atoms with Gasteiger partial charge in [0.05, 0.1) is 12.2 Å². The summed E-state index contributed by atoms with van der Waals surface area (Å²) in [5.41, 5.74) is -1.07. The van der Waals surface area contributed by atoms with Gasteiger partial charge in [-0.25, -0.2) is 0 Å². The lowest BCUT2D eigenvalue weighted by molar-refractivity contribution is -0.137. The first kappa shape index (κ1) is 17.1. The smallest absolute Gasteiger partial charge is 0.416 e. The van der Waals surface area contributed by atoms with Crippen LogP contribution in [-0.4, -0.2) is 15.0 Å². The third-order valence-electron chi connectivity index (χ3n) is 2.80. The second-order valence-electron chi connectivity index (χ2n) is 4.44. The van der Waals surface area contributed by atoms with Gasteiger partial charge in [0, 0.05) is 0 Å². The first-order valence-electron chi connectivity index (χ1n) is 6.57. The fourth-order valence-corrected chi connectivity index (χ4v) is 2.77. The number of ether oxygens (including phenoxy) is 1. The Kier molecular flexibility index (Phi) is 4.84. The number of rotatable bonds is 5. The third-order valence-corrected chi connectivity index (χ3v) is 4.03. The molecule has 2 aromatic rings. The fourth-order valence-electron chi connectivity index (χ4n) is 1.79. The van der Waals surface area contributed by atoms with Gasteiger partial charge < -0.3 is 8.92 Å². The van der Waals surface area contributed by atoms with Crippen molar-refractivity contribution in [2.75, 3.05) is 6.61 Å². The molecule has 0 aliphatic heterocycles. The van der Waals surface area contributed by atoms with E-state index in [-0.39, 0.29) is 18.1 Å². The van der Waals surface area contributed by atoms with Crippen LogP contribution in [0.15, 0.2) is 53.4 Å². The van der Waals surface area contributed by atoms with Gasteiger partial charge in [-0.2, -0.15) is 21.6 Å². The van der Waals surface area contributed by atoms with Crippen LogP contribution in [0, 0.1) is 0 Å². The summed E-state index contributed by atoms with van der Waals surface area (Å²) in [6.45, 7) is 1.99. The van der Waals surface area contributed by atoms with Crippen LogP contribution in [0.2, 0.25) is 0 Å². The van der Waals surface area contributed by atoms with E-state index in [4.69, 9.17) is 8.92 Å². The zero-order valence-electron chi connectivity index (χ0n) is 12.0. The van der Waals surface area contributed by atoms with E-state index >= 15 is 0 Å². The van der Waals surface area contributed by atoms with Gasteiger partial charge in [0.2, 0.25) is 0 Å². The Morgan fingerprint density at radius 1 is 1.00 bits per heavy atom. The van der Waals surface area contributed by atoms with Gasteiger partial charge in [-0.1, -0.05) is 18.2 Å². The van der Waals surface area contributed by atoms with E-state index in [0.717, 1.165) is 18.2 Å². The average molecular weight is 346 g/mol. The molecule has 0 atom stereocenters. The van der Waals surface area contributed by atoms with Gasteiger partial charge in [-0.15, -0.1) is 0 Å². The number of halogens is 3. The van der Waals surface area contributed by atoms with E-state index in [1.807, 2.05) is 0 Å². The number of para-hydroxylation sites is 2. The van der Waals surface area contributed by atoms with Crippen molar-refractivity contribution in [1.29, 1.82) is 0 Å². The Morgan fingerprint density at radius 2 is 1.65 bits per heavy atom. The molecule has 0 heterocycles. The molecule has 4 nitrogen and oxygen atoms in total. The van der Waals surface area contributed by atoms with Crippen molar-refractivity contribution in [1.82, 2.24) is 0 Å². The molecular weight excluding hydrogens is 333 g/mol. The number of benzene rings is 2. The molecule has 2 aromatic carbocycles. The highest BCUT2D eigenvalue weighted by Gasteiger charge is 2.32. The average Bonchev–Trinajstić information content (AvgIpc) is 2.48. The fraction of sp³-hybridized carbons (Fsp3) is 0.200. The molecule has 0 aromatic heterocycles. The van der Waals surface area contributed by atoms with Gasteiger partial charge >= 0.3 is 16.3 Å². The Labute approximate surface area is 131 Å². The lowest BCUT2D eigenvalue weighted by Crippen LogP contribution is -2.13. The summed E-state index contributed by atoms with van der Waals surface area (Å²) in [5, 5.41) is 0. The molecule has 0 aliphatic carbocycles. The molecule has 0 saturated carbocycles. The first-order chi connectivity index (χ1) is 10.7. The van der Waals surface area contributed by atoms with E-state index in [0.29, 0.717) is 6.07 Å². The minimum absolute atomic E-state index is 0.0910. The molecular formula is C15H13F3O4S. The monoisotopic (exact) mass is 346 g/mol. The van der Waals surface area contributed by atoms with Crippen molar-refractivity contribution in [3.05, 3.63) is 54.1 Å². The summed E-state index contributed by atoms with van der Waals surface area (Å²) < 4.78 is 72.6. The predicted molar refractivity (Wildman–Crippen MR) is 76.9 cm³/mol. The van der Waals surface area contributed by atoms with E-state index in [1.165, 1.54) is 18.2 Å². The Morgan fingerprint density at radius 3 is 2.26 bits per heavy atom. The topological polar surface area (TPSA) is 52.6 Å². The highest BCUT2D eigenvalue weighted by Crippen LogP contribution is 2.33. The standard InChI is InChI=1S/C15H13F3O4S/c1-2-21-13-8-3-4-9-14(13)22-23(19,20)12-7-5-6-11(10-12)15(16,17)18/h3-10H,2H2,1H3. The normalized spacial score (nSPS) is 12.0. The molecule has 23 heavy (non-hydrogen) atoms. The predicted octanol–water partition coefficient (Wildman–Crippen LogP) is 3.87. The molecule has 0 saturated heterocycles. The van der Waals surface area contributed by atoms with Crippen LogP contribution < -0.4 is 8.92 Å². The first-order valence-corrected chi connectivity index (χ1v) is 7.98. The lowest BCUT2D eigenvalue weighted by Gasteiger charge is -2.12. The summed E-state index contributed by atoms with van der Waals surface area (Å²) in [5.74, 6) is 0.0947. The molecule has 0 bridgehead atoms. The molecule has 0 amide bonds. The van der Waals surface area contributed by atoms with E-state index in [1.54, 1.807) is 13.0 Å². The van der Waals surface area contributed by atoms with E-state index in [9.17, 15) is 21.6 Å². The molecule has 8 heteroatoms. The molecule has 0 spiro atoms. The quantitative estimate of drug-likeness (QED) is 0.771. The van der Waals surface area contributed by atoms with Gasteiger partial charge in [-0.3, -0.25) is 0 Å². The van der Waals surface area contributed by atoms with Crippen molar-refractivity contribution in [3.8, 4) is 11.5 Å². The highest BCUT2D eigenvalue weighted by molar-refractivity contribution is 7.87. The van der Waals surface area contributed by atoms with Crippen molar-refractivity contribution >= 4 is 10.1 Å². The zero-order valence-corrected chi connectivity index (χ0v) is 12.8. The molecule has 0 N–H and O–H groups in total. The largest absolute Gasteiger partial charge is 0.490 e. The van der Waals surface area contributed by atoms with Gasteiger partial charge in [0.15, 0.2) is 11.5 Å².